The second-order valence-corrected chi connectivity index (χ2v) is 7.50. The van der Waals surface area contributed by atoms with E-state index in [1.807, 2.05) is 6.07 Å². The fraction of sp³-hybridized carbons (Fsp3) is 0.348. The monoisotopic (exact) mass is 429 g/mol. The number of nitrogens with zero attached hydrogens (tertiary/aromatic N) is 1. The maximum atomic E-state index is 13.2. The second-order valence-electron chi connectivity index (χ2n) is 7.50. The summed E-state index contributed by atoms with van der Waals surface area (Å²) < 4.78 is 25.8. The van der Waals surface area contributed by atoms with Crippen molar-refractivity contribution >= 4 is 17.7 Å². The number of likely N-dealkylation sites (tertiary alicyclic amines) is 1. The van der Waals surface area contributed by atoms with Crippen molar-refractivity contribution in [2.75, 3.05) is 6.54 Å². The minimum absolute atomic E-state index is 0.0890. The summed E-state index contributed by atoms with van der Waals surface area (Å²) in [6, 6.07) is 13.2. The largest absolute Gasteiger partial charge is 0.350 e. The third-order valence-electron chi connectivity index (χ3n) is 5.24. The molecule has 2 aromatic carbocycles. The number of amides is 3. The van der Waals surface area contributed by atoms with Gasteiger partial charge in [0.05, 0.1) is 0 Å². The molecule has 1 aliphatic rings. The molecule has 2 unspecified atom stereocenters. The highest BCUT2D eigenvalue weighted by molar-refractivity contribution is 5.93. The molecule has 164 valence electrons. The Morgan fingerprint density at radius 1 is 1.06 bits per heavy atom. The summed E-state index contributed by atoms with van der Waals surface area (Å²) in [6.45, 7) is 1.83. The maximum absolute atomic E-state index is 13.2. The zero-order valence-electron chi connectivity index (χ0n) is 17.2. The van der Waals surface area contributed by atoms with Crippen LogP contribution in [0.25, 0.3) is 0 Å². The van der Waals surface area contributed by atoms with Crippen LogP contribution in [-0.4, -0.2) is 35.2 Å². The van der Waals surface area contributed by atoms with Crippen molar-refractivity contribution in [2.45, 2.75) is 44.8 Å². The topological polar surface area (TPSA) is 78.5 Å². The fourth-order valence-electron chi connectivity index (χ4n) is 3.75. The van der Waals surface area contributed by atoms with E-state index in [0.717, 1.165) is 0 Å². The molecule has 1 heterocycles. The average molecular weight is 429 g/mol. The molecule has 3 amide bonds. The SMILES string of the molecule is CC(=O)NC(C(=O)N1CCCC1C(=O)NCc1cccc(C(F)F)c1)c1ccccc1. The molecule has 1 aliphatic heterocycles. The van der Waals surface area contributed by atoms with Crippen molar-refractivity contribution in [3.8, 4) is 0 Å². The number of alkyl halides is 2. The Morgan fingerprint density at radius 2 is 1.77 bits per heavy atom. The number of benzene rings is 2. The zero-order chi connectivity index (χ0) is 22.4. The van der Waals surface area contributed by atoms with Crippen molar-refractivity contribution in [3.63, 3.8) is 0 Å². The number of hydrogen-bond donors (Lipinski definition) is 2. The third kappa shape index (κ3) is 5.65. The minimum Gasteiger partial charge on any atom is -0.350 e. The predicted molar refractivity (Wildman–Crippen MR) is 111 cm³/mol. The Kier molecular flexibility index (Phi) is 7.33. The normalized spacial score (nSPS) is 16.8. The van der Waals surface area contributed by atoms with Crippen molar-refractivity contribution < 1.29 is 23.2 Å². The van der Waals surface area contributed by atoms with Crippen LogP contribution in [0, 0.1) is 0 Å². The second kappa shape index (κ2) is 10.1. The predicted octanol–water partition coefficient (Wildman–Crippen LogP) is 3.11. The van der Waals surface area contributed by atoms with Gasteiger partial charge >= 0.3 is 0 Å². The van der Waals surface area contributed by atoms with E-state index in [4.69, 9.17) is 0 Å². The molecule has 8 heteroatoms. The first-order chi connectivity index (χ1) is 14.9. The quantitative estimate of drug-likeness (QED) is 0.710. The highest BCUT2D eigenvalue weighted by Crippen LogP contribution is 2.24. The Labute approximate surface area is 179 Å². The molecule has 0 spiro atoms. The molecule has 31 heavy (non-hydrogen) atoms. The summed E-state index contributed by atoms with van der Waals surface area (Å²) in [5.74, 6) is -1.04. The van der Waals surface area contributed by atoms with Crippen molar-refractivity contribution in [1.82, 2.24) is 15.5 Å². The first-order valence-corrected chi connectivity index (χ1v) is 10.1. The molecule has 0 saturated carbocycles. The van der Waals surface area contributed by atoms with E-state index >= 15 is 0 Å². The first kappa shape index (κ1) is 22.4. The number of halogens is 2. The summed E-state index contributed by atoms with van der Waals surface area (Å²) >= 11 is 0. The average Bonchev–Trinajstić information content (AvgIpc) is 3.26. The van der Waals surface area contributed by atoms with Crippen LogP contribution in [0.15, 0.2) is 54.6 Å². The molecular formula is C23H25F2N3O3. The Balaban J connectivity index is 1.70. The summed E-state index contributed by atoms with van der Waals surface area (Å²) in [5, 5.41) is 5.42. The minimum atomic E-state index is -2.58. The summed E-state index contributed by atoms with van der Waals surface area (Å²) in [5.41, 5.74) is 1.09. The van der Waals surface area contributed by atoms with Gasteiger partial charge < -0.3 is 15.5 Å². The van der Waals surface area contributed by atoms with Crippen LogP contribution < -0.4 is 10.6 Å². The van der Waals surface area contributed by atoms with Gasteiger partial charge in [0.1, 0.15) is 12.1 Å². The molecule has 2 N–H and O–H groups in total. The number of carbonyl (C=O) groups excluding carboxylic acids is 3. The lowest BCUT2D eigenvalue weighted by atomic mass is 10.0. The molecule has 3 rings (SSSR count). The van der Waals surface area contributed by atoms with Gasteiger partial charge in [-0.15, -0.1) is 0 Å². The van der Waals surface area contributed by atoms with Crippen molar-refractivity contribution in [2.24, 2.45) is 0 Å². The van der Waals surface area contributed by atoms with E-state index in [9.17, 15) is 23.2 Å². The lowest BCUT2D eigenvalue weighted by Crippen LogP contribution is -2.49. The fourth-order valence-corrected chi connectivity index (χ4v) is 3.75. The number of rotatable bonds is 7. The molecule has 2 atom stereocenters. The van der Waals surface area contributed by atoms with Gasteiger partial charge in [-0.2, -0.15) is 0 Å². The van der Waals surface area contributed by atoms with Crippen molar-refractivity contribution in [1.29, 1.82) is 0 Å². The van der Waals surface area contributed by atoms with E-state index in [-0.39, 0.29) is 29.8 Å². The molecule has 0 radical (unpaired) electrons. The van der Waals surface area contributed by atoms with Crippen molar-refractivity contribution in [3.05, 3.63) is 71.3 Å². The van der Waals surface area contributed by atoms with E-state index < -0.39 is 18.5 Å². The van der Waals surface area contributed by atoms with Crippen LogP contribution in [-0.2, 0) is 20.9 Å². The van der Waals surface area contributed by atoms with Gasteiger partial charge in [0, 0.05) is 25.6 Å². The molecule has 6 nitrogen and oxygen atoms in total. The molecule has 1 fully saturated rings. The van der Waals surface area contributed by atoms with Gasteiger partial charge in [-0.25, -0.2) is 8.78 Å². The number of hydrogen-bond acceptors (Lipinski definition) is 3. The highest BCUT2D eigenvalue weighted by Gasteiger charge is 2.37. The van der Waals surface area contributed by atoms with Gasteiger partial charge in [0.15, 0.2) is 0 Å². The zero-order valence-corrected chi connectivity index (χ0v) is 17.2. The van der Waals surface area contributed by atoms with Gasteiger partial charge in [-0.3, -0.25) is 14.4 Å². The van der Waals surface area contributed by atoms with Gasteiger partial charge in [0.25, 0.3) is 6.43 Å². The maximum Gasteiger partial charge on any atom is 0.263 e. The summed E-state index contributed by atoms with van der Waals surface area (Å²) in [7, 11) is 0. The molecule has 0 aromatic heterocycles. The summed E-state index contributed by atoms with van der Waals surface area (Å²) in [6.07, 6.45) is -1.43. The molecular weight excluding hydrogens is 404 g/mol. The highest BCUT2D eigenvalue weighted by atomic mass is 19.3. The molecule has 1 saturated heterocycles. The Hall–Kier alpha value is -3.29. The third-order valence-corrected chi connectivity index (χ3v) is 5.24. The molecule has 2 aromatic rings. The van der Waals surface area contributed by atoms with Gasteiger partial charge in [-0.1, -0.05) is 48.5 Å². The number of carbonyl (C=O) groups is 3. The van der Waals surface area contributed by atoms with Gasteiger partial charge in [-0.05, 0) is 30.0 Å². The Morgan fingerprint density at radius 3 is 2.45 bits per heavy atom. The van der Waals surface area contributed by atoms with Crippen LogP contribution >= 0.6 is 0 Å². The van der Waals surface area contributed by atoms with Crippen LogP contribution in [0.2, 0.25) is 0 Å². The van der Waals surface area contributed by atoms with E-state index in [1.54, 1.807) is 30.3 Å². The van der Waals surface area contributed by atoms with Gasteiger partial charge in [0.2, 0.25) is 17.7 Å². The standard InChI is InChI=1S/C23H25F2N3O3/c1-15(29)27-20(17-8-3-2-4-9-17)23(31)28-12-6-11-19(28)22(30)26-14-16-7-5-10-18(13-16)21(24)25/h2-5,7-10,13,19-21H,6,11-12,14H2,1H3,(H,26,30)(H,27,29). The molecule has 0 aliphatic carbocycles. The van der Waals surface area contributed by atoms with E-state index in [1.165, 1.54) is 30.0 Å². The van der Waals surface area contributed by atoms with E-state index in [0.29, 0.717) is 30.5 Å². The summed E-state index contributed by atoms with van der Waals surface area (Å²) in [4.78, 5) is 39.2. The lowest BCUT2D eigenvalue weighted by molar-refractivity contribution is -0.141. The lowest BCUT2D eigenvalue weighted by Gasteiger charge is -2.28. The van der Waals surface area contributed by atoms with Crippen LogP contribution in [0.1, 0.15) is 48.9 Å². The number of nitrogens with one attached hydrogen (secondary N) is 2. The van der Waals surface area contributed by atoms with Crippen LogP contribution in [0.3, 0.4) is 0 Å². The molecule has 0 bridgehead atoms. The van der Waals surface area contributed by atoms with Crippen LogP contribution in [0.4, 0.5) is 8.78 Å². The Bertz CT molecular complexity index is 937. The van der Waals surface area contributed by atoms with E-state index in [2.05, 4.69) is 10.6 Å². The van der Waals surface area contributed by atoms with Crippen LogP contribution in [0.5, 0.6) is 0 Å². The first-order valence-electron chi connectivity index (χ1n) is 10.1. The smallest absolute Gasteiger partial charge is 0.263 e.